The van der Waals surface area contributed by atoms with E-state index in [0.717, 1.165) is 0 Å². The predicted octanol–water partition coefficient (Wildman–Crippen LogP) is 0.540. The fourth-order valence-corrected chi connectivity index (χ4v) is 2.63. The van der Waals surface area contributed by atoms with Crippen LogP contribution in [0.2, 0.25) is 0 Å². The lowest BCUT2D eigenvalue weighted by molar-refractivity contribution is -0.0484. The Morgan fingerprint density at radius 1 is 1.40 bits per heavy atom. The van der Waals surface area contributed by atoms with Crippen molar-refractivity contribution in [1.29, 1.82) is 0 Å². The van der Waals surface area contributed by atoms with E-state index in [1.165, 1.54) is 0 Å². The van der Waals surface area contributed by atoms with Crippen LogP contribution >= 0.6 is 0 Å². The van der Waals surface area contributed by atoms with Crippen LogP contribution in [0.15, 0.2) is 0 Å². The highest BCUT2D eigenvalue weighted by Crippen LogP contribution is 2.31. The van der Waals surface area contributed by atoms with Crippen LogP contribution in [-0.2, 0) is 10.0 Å². The van der Waals surface area contributed by atoms with Gasteiger partial charge in [-0.3, -0.25) is 0 Å². The molecule has 0 spiro atoms. The summed E-state index contributed by atoms with van der Waals surface area (Å²) in [4.78, 5) is 0. The van der Waals surface area contributed by atoms with Crippen molar-refractivity contribution in [2.75, 3.05) is 19.7 Å². The summed E-state index contributed by atoms with van der Waals surface area (Å²) in [6.45, 7) is -0.403. The molecule has 90 valence electrons. The molecule has 0 aliphatic carbocycles. The number of sulfonamides is 1. The Morgan fingerprint density at radius 3 is 2.47 bits per heavy atom. The quantitative estimate of drug-likeness (QED) is 0.792. The normalized spacial score (nSPS) is 24.7. The lowest BCUT2D eigenvalue weighted by Crippen LogP contribution is -2.39. The molecule has 1 N–H and O–H groups in total. The molecule has 0 aromatic carbocycles. The number of nitrogens with zero attached hydrogens (tertiary/aromatic N) is 1. The molecule has 1 heterocycles. The van der Waals surface area contributed by atoms with Crippen LogP contribution in [-0.4, -0.2) is 43.0 Å². The van der Waals surface area contributed by atoms with Crippen molar-refractivity contribution in [2.24, 2.45) is 5.92 Å². The molecule has 1 aliphatic rings. The first-order valence-corrected chi connectivity index (χ1v) is 5.90. The third-order valence-electron chi connectivity index (χ3n) is 2.42. The molecule has 1 atom stereocenters. The maximum absolute atomic E-state index is 12.1. The zero-order chi connectivity index (χ0) is 11.7. The first kappa shape index (κ1) is 12.7. The van der Waals surface area contributed by atoms with Gasteiger partial charge in [-0.05, 0) is 18.8 Å². The molecular formula is C7H12F3NO3S. The molecule has 0 bridgehead atoms. The van der Waals surface area contributed by atoms with E-state index in [1.54, 1.807) is 0 Å². The van der Waals surface area contributed by atoms with Crippen molar-refractivity contribution in [3.05, 3.63) is 0 Å². The van der Waals surface area contributed by atoms with Crippen molar-refractivity contribution in [3.63, 3.8) is 0 Å². The van der Waals surface area contributed by atoms with Gasteiger partial charge < -0.3 is 5.11 Å². The Balaban J connectivity index is 2.69. The Morgan fingerprint density at radius 2 is 2.00 bits per heavy atom. The number of hydrogen-bond donors (Lipinski definition) is 1. The van der Waals surface area contributed by atoms with Crippen LogP contribution in [0.1, 0.15) is 12.8 Å². The Kier molecular flexibility index (Phi) is 3.62. The fourth-order valence-electron chi connectivity index (χ4n) is 1.58. The first-order valence-electron chi connectivity index (χ1n) is 4.46. The SMILES string of the molecule is O=S(=O)(N1CCC(CCO)C1)C(F)(F)F. The van der Waals surface area contributed by atoms with Crippen molar-refractivity contribution in [1.82, 2.24) is 4.31 Å². The van der Waals surface area contributed by atoms with E-state index < -0.39 is 15.5 Å². The standard InChI is InChI=1S/C7H12F3NO3S/c8-7(9,10)15(13,14)11-3-1-6(5-11)2-4-12/h6,12H,1-5H2. The number of halogens is 3. The van der Waals surface area contributed by atoms with Gasteiger partial charge in [0.15, 0.2) is 0 Å². The molecule has 1 unspecified atom stereocenters. The van der Waals surface area contributed by atoms with Gasteiger partial charge in [-0.15, -0.1) is 0 Å². The summed E-state index contributed by atoms with van der Waals surface area (Å²) in [5.41, 5.74) is -5.22. The summed E-state index contributed by atoms with van der Waals surface area (Å²) < 4.78 is 58.7. The smallest absolute Gasteiger partial charge is 0.396 e. The van der Waals surface area contributed by atoms with Gasteiger partial charge in [0.25, 0.3) is 0 Å². The van der Waals surface area contributed by atoms with E-state index >= 15 is 0 Å². The molecule has 1 aliphatic heterocycles. The van der Waals surface area contributed by atoms with Gasteiger partial charge in [0.05, 0.1) is 0 Å². The van der Waals surface area contributed by atoms with E-state index in [1.807, 2.05) is 0 Å². The highest BCUT2D eigenvalue weighted by atomic mass is 32.2. The number of aliphatic hydroxyl groups excluding tert-OH is 1. The minimum absolute atomic E-state index is 0.119. The number of hydrogen-bond acceptors (Lipinski definition) is 3. The van der Waals surface area contributed by atoms with Gasteiger partial charge in [-0.2, -0.15) is 17.5 Å². The molecule has 15 heavy (non-hydrogen) atoms. The van der Waals surface area contributed by atoms with E-state index in [0.29, 0.717) is 17.1 Å². The predicted molar refractivity (Wildman–Crippen MR) is 46.4 cm³/mol. The van der Waals surface area contributed by atoms with Crippen molar-refractivity contribution in [3.8, 4) is 0 Å². The third kappa shape index (κ3) is 2.61. The number of rotatable bonds is 3. The van der Waals surface area contributed by atoms with Crippen molar-refractivity contribution < 1.29 is 26.7 Å². The summed E-state index contributed by atoms with van der Waals surface area (Å²) >= 11 is 0. The minimum Gasteiger partial charge on any atom is -0.396 e. The molecule has 1 fully saturated rings. The molecule has 0 amide bonds. The highest BCUT2D eigenvalue weighted by molar-refractivity contribution is 7.90. The maximum atomic E-state index is 12.1. The van der Waals surface area contributed by atoms with Crippen molar-refractivity contribution >= 4 is 10.0 Å². The Labute approximate surface area is 85.7 Å². The largest absolute Gasteiger partial charge is 0.511 e. The lowest BCUT2D eigenvalue weighted by Gasteiger charge is -2.17. The summed E-state index contributed by atoms with van der Waals surface area (Å²) in [5.74, 6) is -0.174. The van der Waals surface area contributed by atoms with E-state index in [2.05, 4.69) is 0 Å². The maximum Gasteiger partial charge on any atom is 0.511 e. The second-order valence-corrected chi connectivity index (χ2v) is 5.41. The molecule has 0 saturated carbocycles. The number of aliphatic hydroxyl groups is 1. The summed E-state index contributed by atoms with van der Waals surface area (Å²) in [6.07, 6.45) is 0.708. The molecule has 0 aromatic rings. The van der Waals surface area contributed by atoms with Crippen LogP contribution in [0.5, 0.6) is 0 Å². The van der Waals surface area contributed by atoms with Crippen LogP contribution in [0.3, 0.4) is 0 Å². The molecule has 8 heteroatoms. The topological polar surface area (TPSA) is 57.6 Å². The molecule has 1 saturated heterocycles. The summed E-state index contributed by atoms with van der Waals surface area (Å²) in [7, 11) is -5.18. The molecule has 0 aromatic heterocycles. The van der Waals surface area contributed by atoms with E-state index in [-0.39, 0.29) is 25.6 Å². The first-order chi connectivity index (χ1) is 6.79. The van der Waals surface area contributed by atoms with Gasteiger partial charge in [-0.25, -0.2) is 8.42 Å². The molecular weight excluding hydrogens is 235 g/mol. The van der Waals surface area contributed by atoms with E-state index in [4.69, 9.17) is 5.11 Å². The second kappa shape index (κ2) is 4.26. The zero-order valence-electron chi connectivity index (χ0n) is 7.87. The number of alkyl halides is 3. The van der Waals surface area contributed by atoms with Crippen LogP contribution in [0, 0.1) is 5.92 Å². The summed E-state index contributed by atoms with van der Waals surface area (Å²) in [5, 5.41) is 8.59. The fraction of sp³-hybridized carbons (Fsp3) is 1.00. The summed E-state index contributed by atoms with van der Waals surface area (Å²) in [6, 6.07) is 0. The molecule has 0 radical (unpaired) electrons. The third-order valence-corrected chi connectivity index (χ3v) is 4.01. The molecule has 4 nitrogen and oxygen atoms in total. The zero-order valence-corrected chi connectivity index (χ0v) is 8.68. The van der Waals surface area contributed by atoms with Gasteiger partial charge in [0.1, 0.15) is 0 Å². The van der Waals surface area contributed by atoms with Gasteiger partial charge >= 0.3 is 15.5 Å². The van der Waals surface area contributed by atoms with Gasteiger partial charge in [-0.1, -0.05) is 0 Å². The monoisotopic (exact) mass is 247 g/mol. The van der Waals surface area contributed by atoms with E-state index in [9.17, 15) is 21.6 Å². The highest BCUT2D eigenvalue weighted by Gasteiger charge is 2.51. The van der Waals surface area contributed by atoms with Crippen LogP contribution < -0.4 is 0 Å². The van der Waals surface area contributed by atoms with Crippen LogP contribution in [0.25, 0.3) is 0 Å². The van der Waals surface area contributed by atoms with Crippen LogP contribution in [0.4, 0.5) is 13.2 Å². The average Bonchev–Trinajstić information content (AvgIpc) is 2.51. The Hall–Kier alpha value is -0.340. The van der Waals surface area contributed by atoms with Gasteiger partial charge in [0.2, 0.25) is 0 Å². The Bertz CT molecular complexity index is 314. The average molecular weight is 247 g/mol. The minimum atomic E-state index is -5.22. The van der Waals surface area contributed by atoms with Crippen molar-refractivity contribution in [2.45, 2.75) is 18.3 Å². The second-order valence-electron chi connectivity index (χ2n) is 3.48. The van der Waals surface area contributed by atoms with Gasteiger partial charge in [0, 0.05) is 19.7 Å². The molecule has 1 rings (SSSR count). The lowest BCUT2D eigenvalue weighted by atomic mass is 10.1.